The van der Waals surface area contributed by atoms with E-state index in [1.807, 2.05) is 0 Å². The summed E-state index contributed by atoms with van der Waals surface area (Å²) in [6, 6.07) is 9.30. The molecular formula is C14H19NO. The number of nitrogens with one attached hydrogen (secondary N) is 1. The summed E-state index contributed by atoms with van der Waals surface area (Å²) in [6.07, 6.45) is 5.13. The smallest absolute Gasteiger partial charge is 0.0980 e. The molecule has 3 rings (SSSR count). The molecule has 1 saturated heterocycles. The highest BCUT2D eigenvalue weighted by Crippen LogP contribution is 2.31. The Balaban J connectivity index is 1.92. The number of hydrogen-bond donors (Lipinski definition) is 1. The van der Waals surface area contributed by atoms with E-state index in [9.17, 15) is 0 Å². The number of fused-ring (bicyclic) bond motifs is 1. The summed E-state index contributed by atoms with van der Waals surface area (Å²) in [5.41, 5.74) is 2.90. The van der Waals surface area contributed by atoms with E-state index < -0.39 is 0 Å². The van der Waals surface area contributed by atoms with Gasteiger partial charge in [0.15, 0.2) is 0 Å². The van der Waals surface area contributed by atoms with Crippen molar-refractivity contribution in [2.45, 2.75) is 37.8 Å². The molecular weight excluding hydrogens is 198 g/mol. The Kier molecular flexibility index (Phi) is 2.94. The van der Waals surface area contributed by atoms with Crippen molar-refractivity contribution in [2.24, 2.45) is 0 Å². The van der Waals surface area contributed by atoms with Crippen molar-refractivity contribution in [1.29, 1.82) is 0 Å². The average molecular weight is 217 g/mol. The molecule has 1 fully saturated rings. The molecule has 2 heteroatoms. The van der Waals surface area contributed by atoms with Crippen molar-refractivity contribution >= 4 is 0 Å². The van der Waals surface area contributed by atoms with Gasteiger partial charge < -0.3 is 10.1 Å². The molecule has 1 aromatic rings. The van der Waals surface area contributed by atoms with Crippen LogP contribution < -0.4 is 5.32 Å². The Labute approximate surface area is 97.0 Å². The molecule has 1 aromatic carbocycles. The van der Waals surface area contributed by atoms with Crippen molar-refractivity contribution < 1.29 is 4.74 Å². The first kappa shape index (κ1) is 10.3. The van der Waals surface area contributed by atoms with E-state index in [4.69, 9.17) is 4.74 Å². The summed E-state index contributed by atoms with van der Waals surface area (Å²) in [7, 11) is 0. The number of ether oxygens (including phenoxy) is 1. The lowest BCUT2D eigenvalue weighted by molar-refractivity contribution is 0.0333. The van der Waals surface area contributed by atoms with Crippen molar-refractivity contribution in [3.05, 3.63) is 35.4 Å². The molecule has 1 unspecified atom stereocenters. The first-order chi connectivity index (χ1) is 7.95. The van der Waals surface area contributed by atoms with Gasteiger partial charge in [-0.1, -0.05) is 24.3 Å². The molecule has 2 heterocycles. The minimum absolute atomic E-state index is 0.279. The molecule has 2 aliphatic rings. The highest BCUT2D eigenvalue weighted by molar-refractivity contribution is 5.31. The zero-order valence-electron chi connectivity index (χ0n) is 9.61. The Morgan fingerprint density at radius 1 is 1.19 bits per heavy atom. The van der Waals surface area contributed by atoms with E-state index in [0.717, 1.165) is 19.6 Å². The van der Waals surface area contributed by atoms with Crippen LogP contribution in [0.3, 0.4) is 0 Å². The second kappa shape index (κ2) is 4.56. The molecule has 0 bridgehead atoms. The molecule has 16 heavy (non-hydrogen) atoms. The summed E-state index contributed by atoms with van der Waals surface area (Å²) in [4.78, 5) is 0. The summed E-state index contributed by atoms with van der Waals surface area (Å²) >= 11 is 0. The van der Waals surface area contributed by atoms with Crippen molar-refractivity contribution in [1.82, 2.24) is 5.32 Å². The van der Waals surface area contributed by atoms with Crippen LogP contribution in [-0.4, -0.2) is 19.2 Å². The van der Waals surface area contributed by atoms with Gasteiger partial charge in [-0.3, -0.25) is 0 Å². The number of benzene rings is 1. The van der Waals surface area contributed by atoms with E-state index in [0.29, 0.717) is 6.04 Å². The maximum Gasteiger partial charge on any atom is 0.0980 e. The van der Waals surface area contributed by atoms with Gasteiger partial charge >= 0.3 is 0 Å². The lowest BCUT2D eigenvalue weighted by Gasteiger charge is -2.24. The number of rotatable bonds is 1. The van der Waals surface area contributed by atoms with Gasteiger partial charge in [0, 0.05) is 12.6 Å². The minimum Gasteiger partial charge on any atom is -0.372 e. The zero-order valence-corrected chi connectivity index (χ0v) is 9.61. The van der Waals surface area contributed by atoms with Crippen LogP contribution in [0.4, 0.5) is 0 Å². The standard InChI is InChI=1S/C14H19NO/c1-2-7-12-11(5-1)6-4-10-16-14(12)13-8-3-9-15-13/h1-2,5,7,13-15H,3-4,6,8-10H2/t13-,14?/m1/s1. The fraction of sp³-hybridized carbons (Fsp3) is 0.571. The zero-order chi connectivity index (χ0) is 10.8. The van der Waals surface area contributed by atoms with E-state index in [-0.39, 0.29) is 6.10 Å². The Morgan fingerprint density at radius 3 is 3.00 bits per heavy atom. The Hall–Kier alpha value is -0.860. The van der Waals surface area contributed by atoms with Gasteiger partial charge in [0.25, 0.3) is 0 Å². The van der Waals surface area contributed by atoms with E-state index in [1.54, 1.807) is 0 Å². The molecule has 2 aliphatic heterocycles. The lowest BCUT2D eigenvalue weighted by atomic mass is 9.95. The first-order valence-corrected chi connectivity index (χ1v) is 6.38. The molecule has 0 aliphatic carbocycles. The molecule has 0 spiro atoms. The molecule has 0 saturated carbocycles. The second-order valence-electron chi connectivity index (χ2n) is 4.80. The topological polar surface area (TPSA) is 21.3 Å². The largest absolute Gasteiger partial charge is 0.372 e. The van der Waals surface area contributed by atoms with Crippen LogP contribution in [0.1, 0.15) is 36.5 Å². The average Bonchev–Trinajstić information content (AvgIpc) is 2.76. The molecule has 0 aromatic heterocycles. The summed E-state index contributed by atoms with van der Waals surface area (Å²) in [6.45, 7) is 2.05. The highest BCUT2D eigenvalue weighted by Gasteiger charge is 2.29. The van der Waals surface area contributed by atoms with Gasteiger partial charge in [-0.15, -0.1) is 0 Å². The van der Waals surface area contributed by atoms with Crippen LogP contribution in [-0.2, 0) is 11.2 Å². The van der Waals surface area contributed by atoms with Gasteiger partial charge in [0.2, 0.25) is 0 Å². The normalized spacial score (nSPS) is 29.8. The predicted molar refractivity (Wildman–Crippen MR) is 64.5 cm³/mol. The second-order valence-corrected chi connectivity index (χ2v) is 4.80. The Morgan fingerprint density at radius 2 is 2.12 bits per heavy atom. The first-order valence-electron chi connectivity index (χ1n) is 6.38. The van der Waals surface area contributed by atoms with Gasteiger partial charge in [-0.05, 0) is 43.4 Å². The number of aryl methyl sites for hydroxylation is 1. The van der Waals surface area contributed by atoms with Crippen molar-refractivity contribution in [3.63, 3.8) is 0 Å². The number of hydrogen-bond acceptors (Lipinski definition) is 2. The van der Waals surface area contributed by atoms with Gasteiger partial charge in [-0.25, -0.2) is 0 Å². The summed E-state index contributed by atoms with van der Waals surface area (Å²) in [5.74, 6) is 0. The summed E-state index contributed by atoms with van der Waals surface area (Å²) < 4.78 is 6.05. The molecule has 2 atom stereocenters. The van der Waals surface area contributed by atoms with E-state index in [2.05, 4.69) is 29.6 Å². The minimum atomic E-state index is 0.279. The van der Waals surface area contributed by atoms with Crippen LogP contribution in [0.25, 0.3) is 0 Å². The summed E-state index contributed by atoms with van der Waals surface area (Å²) in [5, 5.41) is 3.57. The van der Waals surface area contributed by atoms with Gasteiger partial charge in [-0.2, -0.15) is 0 Å². The third-order valence-electron chi connectivity index (χ3n) is 3.71. The third-order valence-corrected chi connectivity index (χ3v) is 3.71. The molecule has 0 radical (unpaired) electrons. The predicted octanol–water partition coefficient (Wildman–Crippen LogP) is 2.44. The van der Waals surface area contributed by atoms with E-state index >= 15 is 0 Å². The maximum absolute atomic E-state index is 6.05. The molecule has 86 valence electrons. The monoisotopic (exact) mass is 217 g/mol. The highest BCUT2D eigenvalue weighted by atomic mass is 16.5. The van der Waals surface area contributed by atoms with Gasteiger partial charge in [0.05, 0.1) is 6.10 Å². The van der Waals surface area contributed by atoms with E-state index in [1.165, 1.54) is 30.4 Å². The molecule has 0 amide bonds. The van der Waals surface area contributed by atoms with Crippen LogP contribution in [0, 0.1) is 0 Å². The van der Waals surface area contributed by atoms with Crippen LogP contribution in [0.2, 0.25) is 0 Å². The quantitative estimate of drug-likeness (QED) is 0.780. The van der Waals surface area contributed by atoms with Crippen LogP contribution >= 0.6 is 0 Å². The maximum atomic E-state index is 6.05. The van der Waals surface area contributed by atoms with Crippen molar-refractivity contribution in [2.75, 3.05) is 13.2 Å². The fourth-order valence-corrected chi connectivity index (χ4v) is 2.90. The van der Waals surface area contributed by atoms with Crippen LogP contribution in [0.5, 0.6) is 0 Å². The fourth-order valence-electron chi connectivity index (χ4n) is 2.90. The lowest BCUT2D eigenvalue weighted by Crippen LogP contribution is -2.30. The van der Waals surface area contributed by atoms with Gasteiger partial charge in [0.1, 0.15) is 0 Å². The molecule has 1 N–H and O–H groups in total. The SMILES string of the molecule is c1ccc2c(c1)CCCOC2[C@H]1CCCN1. The third kappa shape index (κ3) is 1.87. The van der Waals surface area contributed by atoms with Crippen molar-refractivity contribution in [3.8, 4) is 0 Å². The van der Waals surface area contributed by atoms with Crippen LogP contribution in [0.15, 0.2) is 24.3 Å². The Bertz CT molecular complexity index is 358. The molecule has 2 nitrogen and oxygen atoms in total.